The number of esters is 1. The Kier molecular flexibility index (Phi) is 9.48. The second kappa shape index (κ2) is 13.0. The average molecular weight is 659 g/mol. The number of alkyl halides is 2. The van der Waals surface area contributed by atoms with Crippen molar-refractivity contribution in [2.75, 3.05) is 5.75 Å². The van der Waals surface area contributed by atoms with Crippen molar-refractivity contribution < 1.29 is 46.0 Å². The molecule has 0 heterocycles. The molecule has 3 aromatic rings. The van der Waals surface area contributed by atoms with Crippen molar-refractivity contribution in [2.24, 2.45) is 23.2 Å². The molecule has 0 aliphatic heterocycles. The molecule has 45 heavy (non-hydrogen) atoms. The zero-order chi connectivity index (χ0) is 32.4. The van der Waals surface area contributed by atoms with E-state index in [1.165, 1.54) is 14.7 Å². The number of ketones is 1. The highest BCUT2D eigenvalue weighted by Gasteiger charge is 2.60. The average Bonchev–Trinajstić information content (AvgIpc) is 2.99. The van der Waals surface area contributed by atoms with Gasteiger partial charge >= 0.3 is 11.9 Å². The first-order chi connectivity index (χ1) is 21.3. The summed E-state index contributed by atoms with van der Waals surface area (Å²) in [5, 5.41) is 11.0. The Morgan fingerprint density at radius 1 is 0.867 bits per heavy atom. The van der Waals surface area contributed by atoms with Gasteiger partial charge in [0.05, 0.1) is 22.3 Å². The third-order valence-electron chi connectivity index (χ3n) is 8.56. The number of ether oxygens (including phenoxy) is 1. The van der Waals surface area contributed by atoms with Crippen LogP contribution in [0.3, 0.4) is 0 Å². The van der Waals surface area contributed by atoms with Crippen molar-refractivity contribution in [1.82, 2.24) is 0 Å². The largest absolute Gasteiger partial charge is 0.546 e. The molecular weight excluding hydrogens is 626 g/mol. The molecular formula is C33H32F2O8S2. The van der Waals surface area contributed by atoms with Crippen LogP contribution in [-0.4, -0.2) is 48.5 Å². The zero-order valence-corrected chi connectivity index (χ0v) is 25.7. The number of hydrogen-bond donors (Lipinski definition) is 1. The lowest BCUT2D eigenvalue weighted by molar-refractivity contribution is -0.325. The summed E-state index contributed by atoms with van der Waals surface area (Å²) in [6, 6.07) is 32.2. The number of Topliss-reactive ketones (excluding diaryl/α,β-unsaturated/α-hetero) is 1. The molecule has 0 spiro atoms. The van der Waals surface area contributed by atoms with E-state index in [1.54, 1.807) is 0 Å². The van der Waals surface area contributed by atoms with Gasteiger partial charge in [0.2, 0.25) is 6.10 Å². The van der Waals surface area contributed by atoms with Crippen LogP contribution in [0.25, 0.3) is 0 Å². The van der Waals surface area contributed by atoms with Gasteiger partial charge in [0.15, 0.2) is 14.7 Å². The van der Waals surface area contributed by atoms with E-state index in [1.807, 2.05) is 0 Å². The van der Waals surface area contributed by atoms with Gasteiger partial charge in [0.1, 0.15) is 11.5 Å². The lowest BCUT2D eigenvalue weighted by atomic mass is 9.49. The molecule has 3 atom stereocenters. The Hall–Kier alpha value is -3.61. The molecule has 238 valence electrons. The van der Waals surface area contributed by atoms with Crippen molar-refractivity contribution in [3.05, 3.63) is 91.0 Å². The summed E-state index contributed by atoms with van der Waals surface area (Å²) in [7, 11) is -5.24. The molecule has 4 bridgehead atoms. The second-order valence-corrected chi connectivity index (χ2v) is 15.3. The SMILES string of the molecule is O=C1C2CC3CC1CC(C(=O)OC(C(=O)[O-])C(F)(F)CS(=O)(=O)O)(C3)C2.c1ccc([S+](c2ccccc2)c2ccccc2)cc1. The predicted octanol–water partition coefficient (Wildman–Crippen LogP) is 4.35. The lowest BCUT2D eigenvalue weighted by Crippen LogP contribution is -2.58. The van der Waals surface area contributed by atoms with Crippen LogP contribution < -0.4 is 5.11 Å². The fourth-order valence-electron chi connectivity index (χ4n) is 6.93. The number of carbonyl (C=O) groups excluding carboxylic acids is 3. The molecule has 7 rings (SSSR count). The van der Waals surface area contributed by atoms with Crippen LogP contribution in [-0.2, 0) is 40.1 Å². The summed E-state index contributed by atoms with van der Waals surface area (Å²) in [4.78, 5) is 39.8. The molecule has 4 fully saturated rings. The number of carboxylic acids is 1. The van der Waals surface area contributed by atoms with Crippen LogP contribution in [0.1, 0.15) is 32.1 Å². The number of halogens is 2. The highest BCUT2D eigenvalue weighted by molar-refractivity contribution is 7.97. The van der Waals surface area contributed by atoms with Crippen molar-refractivity contribution >= 4 is 38.7 Å². The maximum atomic E-state index is 13.9. The molecule has 0 aromatic heterocycles. The molecule has 3 aromatic carbocycles. The van der Waals surface area contributed by atoms with Crippen LogP contribution in [0.2, 0.25) is 0 Å². The van der Waals surface area contributed by atoms with Crippen molar-refractivity contribution in [2.45, 2.75) is 58.8 Å². The summed E-state index contributed by atoms with van der Waals surface area (Å²) >= 11 is 0. The number of carboxylic acid groups (broad SMARTS) is 1. The molecule has 0 saturated heterocycles. The molecule has 12 heteroatoms. The van der Waals surface area contributed by atoms with Crippen molar-refractivity contribution in [3.8, 4) is 0 Å². The highest BCUT2D eigenvalue weighted by atomic mass is 32.2. The predicted molar refractivity (Wildman–Crippen MR) is 159 cm³/mol. The van der Waals surface area contributed by atoms with E-state index in [2.05, 4.69) is 95.7 Å². The molecule has 1 N–H and O–H groups in total. The van der Waals surface area contributed by atoms with Crippen LogP contribution >= 0.6 is 0 Å². The fraction of sp³-hybridized carbons (Fsp3) is 0.364. The zero-order valence-electron chi connectivity index (χ0n) is 24.1. The van der Waals surface area contributed by atoms with E-state index in [0.29, 0.717) is 19.3 Å². The van der Waals surface area contributed by atoms with Gasteiger partial charge in [0, 0.05) is 11.8 Å². The smallest absolute Gasteiger partial charge is 0.313 e. The fourth-order valence-corrected chi connectivity index (χ4v) is 9.67. The van der Waals surface area contributed by atoms with E-state index >= 15 is 0 Å². The number of rotatable bonds is 9. The van der Waals surface area contributed by atoms with Crippen LogP contribution in [0.5, 0.6) is 0 Å². The second-order valence-electron chi connectivity index (χ2n) is 11.9. The minimum atomic E-state index is -5.23. The third kappa shape index (κ3) is 7.45. The van der Waals surface area contributed by atoms with Crippen molar-refractivity contribution in [3.63, 3.8) is 0 Å². The van der Waals surface area contributed by atoms with Gasteiger partial charge in [-0.05, 0) is 74.4 Å². The van der Waals surface area contributed by atoms with E-state index < -0.39 is 45.3 Å². The van der Waals surface area contributed by atoms with Crippen LogP contribution in [0.15, 0.2) is 106 Å². The van der Waals surface area contributed by atoms with Crippen LogP contribution in [0, 0.1) is 23.2 Å². The quantitative estimate of drug-likeness (QED) is 0.204. The van der Waals surface area contributed by atoms with E-state index in [0.717, 1.165) is 0 Å². The Morgan fingerprint density at radius 3 is 1.67 bits per heavy atom. The number of benzene rings is 3. The Balaban J connectivity index is 0.000000186. The summed E-state index contributed by atoms with van der Waals surface area (Å²) < 4.78 is 62.4. The topological polar surface area (TPSA) is 138 Å². The summed E-state index contributed by atoms with van der Waals surface area (Å²) in [6.07, 6.45) is -1.38. The molecule has 3 unspecified atom stereocenters. The van der Waals surface area contributed by atoms with Gasteiger partial charge in [0.25, 0.3) is 10.1 Å². The molecule has 8 nitrogen and oxygen atoms in total. The molecule has 0 radical (unpaired) electrons. The summed E-state index contributed by atoms with van der Waals surface area (Å²) in [5.74, 6) is -11.1. The van der Waals surface area contributed by atoms with Gasteiger partial charge in [-0.3, -0.25) is 14.1 Å². The highest BCUT2D eigenvalue weighted by Crippen LogP contribution is 2.59. The lowest BCUT2D eigenvalue weighted by Gasteiger charge is -2.54. The van der Waals surface area contributed by atoms with E-state index in [4.69, 9.17) is 4.55 Å². The first-order valence-corrected chi connectivity index (χ1v) is 17.3. The minimum absolute atomic E-state index is 0.0146. The first kappa shape index (κ1) is 32.8. The summed E-state index contributed by atoms with van der Waals surface area (Å²) in [6.45, 7) is 0. The van der Waals surface area contributed by atoms with Gasteiger partial charge in [-0.2, -0.15) is 8.42 Å². The standard InChI is InChI=1S/C18H15S.C15H18F2O8S/c1-4-10-16(11-5-1)19(17-12-6-2-7-13-17)18-14-8-3-9-15-18;16-15(17,6-26(22,23)24)11(12(19)20)25-13(21)14-3-7-1-8(4-14)10(18)9(2-7)5-14/h1-15H;7-9,11H,1-6H2,(H,19,20)(H,22,23,24)/q+1;/p-1. The van der Waals surface area contributed by atoms with Gasteiger partial charge in [-0.1, -0.05) is 54.6 Å². The van der Waals surface area contributed by atoms with Gasteiger partial charge in [-0.15, -0.1) is 0 Å². The molecule has 0 amide bonds. The van der Waals surface area contributed by atoms with Gasteiger partial charge in [-0.25, -0.2) is 8.78 Å². The number of hydrogen-bond acceptors (Lipinski definition) is 7. The minimum Gasteiger partial charge on any atom is -0.546 e. The molecule has 4 saturated carbocycles. The van der Waals surface area contributed by atoms with E-state index in [9.17, 15) is 36.7 Å². The monoisotopic (exact) mass is 658 g/mol. The third-order valence-corrected chi connectivity index (χ3v) is 11.5. The number of aliphatic carboxylic acids is 1. The number of carbonyl (C=O) groups is 3. The maximum Gasteiger partial charge on any atom is 0.313 e. The summed E-state index contributed by atoms with van der Waals surface area (Å²) in [5.41, 5.74) is -1.22. The Bertz CT molecular complexity index is 1520. The van der Waals surface area contributed by atoms with Crippen LogP contribution in [0.4, 0.5) is 8.78 Å². The first-order valence-electron chi connectivity index (χ1n) is 14.5. The molecule has 4 aliphatic carbocycles. The maximum absolute atomic E-state index is 13.9. The normalized spacial score (nSPS) is 24.4. The Morgan fingerprint density at radius 2 is 1.29 bits per heavy atom. The van der Waals surface area contributed by atoms with Gasteiger partial charge < -0.3 is 14.6 Å². The molecule has 4 aliphatic rings. The van der Waals surface area contributed by atoms with E-state index in [-0.39, 0.29) is 47.3 Å². The Labute approximate surface area is 262 Å². The van der Waals surface area contributed by atoms with Crippen molar-refractivity contribution in [1.29, 1.82) is 0 Å².